The maximum absolute atomic E-state index is 11.5. The molecule has 0 amide bonds. The average Bonchev–Trinajstić information content (AvgIpc) is 2.39. The van der Waals surface area contributed by atoms with Crippen molar-refractivity contribution in [1.29, 1.82) is 0 Å². The minimum absolute atomic E-state index is 0.282. The van der Waals surface area contributed by atoms with E-state index in [2.05, 4.69) is 14.8 Å². The lowest BCUT2D eigenvalue weighted by Crippen LogP contribution is -2.47. The van der Waals surface area contributed by atoms with Crippen molar-refractivity contribution in [3.8, 4) is 0 Å². The Labute approximate surface area is 106 Å². The Kier molecular flexibility index (Phi) is 5.64. The number of nitrogens with zero attached hydrogens (tertiary/aromatic N) is 3. The summed E-state index contributed by atoms with van der Waals surface area (Å²) in [5, 5.41) is 3.62. The summed E-state index contributed by atoms with van der Waals surface area (Å²) in [6.45, 7) is 2.51. The third kappa shape index (κ3) is 3.46. The molecule has 18 heavy (non-hydrogen) atoms. The second kappa shape index (κ2) is 7.00. The highest BCUT2D eigenvalue weighted by molar-refractivity contribution is 5.88. The molecule has 0 radical (unpaired) electrons. The molecule has 0 aromatic carbocycles. The molecule has 1 aliphatic carbocycles. The lowest BCUT2D eigenvalue weighted by molar-refractivity contribution is -0.136. The van der Waals surface area contributed by atoms with Crippen molar-refractivity contribution in [3.63, 3.8) is 0 Å². The Hall–Kier alpha value is -1.56. The van der Waals surface area contributed by atoms with Crippen molar-refractivity contribution >= 4 is 5.97 Å². The van der Waals surface area contributed by atoms with Gasteiger partial charge in [0.25, 0.3) is 0 Å². The predicted molar refractivity (Wildman–Crippen MR) is 65.7 cm³/mol. The fourth-order valence-electron chi connectivity index (χ4n) is 1.84. The van der Waals surface area contributed by atoms with Crippen molar-refractivity contribution in [1.82, 2.24) is 0 Å². The number of hydrogen-bond acceptors (Lipinski definition) is 5. The van der Waals surface area contributed by atoms with Gasteiger partial charge in [0.15, 0.2) is 0 Å². The second-order valence-corrected chi connectivity index (χ2v) is 4.07. The maximum atomic E-state index is 11.5. The number of ether oxygens (including phenoxy) is 2. The molecule has 0 heterocycles. The molecule has 7 nitrogen and oxygen atoms in total. The molecule has 0 bridgehead atoms. The molecule has 100 valence electrons. The summed E-state index contributed by atoms with van der Waals surface area (Å²) in [4.78, 5) is 14.3. The molecular weight excluding hydrogens is 236 g/mol. The number of azide groups is 1. The van der Waals surface area contributed by atoms with E-state index in [-0.39, 0.29) is 6.42 Å². The van der Waals surface area contributed by atoms with E-state index in [9.17, 15) is 4.79 Å². The van der Waals surface area contributed by atoms with E-state index >= 15 is 0 Å². The van der Waals surface area contributed by atoms with Crippen LogP contribution in [0.4, 0.5) is 0 Å². The Morgan fingerprint density at radius 1 is 1.72 bits per heavy atom. The predicted octanol–water partition coefficient (Wildman–Crippen LogP) is 1.29. The largest absolute Gasteiger partial charge is 0.466 e. The molecule has 7 heteroatoms. The van der Waals surface area contributed by atoms with E-state index in [1.165, 1.54) is 7.11 Å². The molecule has 0 saturated carbocycles. The van der Waals surface area contributed by atoms with Crippen LogP contribution in [0.25, 0.3) is 10.4 Å². The van der Waals surface area contributed by atoms with Gasteiger partial charge in [-0.15, -0.1) is 0 Å². The van der Waals surface area contributed by atoms with Crippen LogP contribution in [0.5, 0.6) is 0 Å². The number of esters is 1. The van der Waals surface area contributed by atoms with Crippen LogP contribution < -0.4 is 5.73 Å². The van der Waals surface area contributed by atoms with Crippen LogP contribution in [0.1, 0.15) is 19.8 Å². The van der Waals surface area contributed by atoms with Crippen LogP contribution in [0.3, 0.4) is 0 Å². The fourth-order valence-corrected chi connectivity index (χ4v) is 1.84. The third-order valence-corrected chi connectivity index (χ3v) is 2.78. The van der Waals surface area contributed by atoms with E-state index in [0.29, 0.717) is 12.2 Å². The summed E-state index contributed by atoms with van der Waals surface area (Å²) in [5.41, 5.74) is 14.9. The van der Waals surface area contributed by atoms with Gasteiger partial charge >= 0.3 is 5.97 Å². The van der Waals surface area contributed by atoms with Gasteiger partial charge in [-0.25, -0.2) is 4.79 Å². The number of nitrogens with two attached hydrogens (primary N) is 1. The SMILES string of the molecule is CCCOC1C=C(C(=O)OC)CC(N=[N+]=[N-])C1N. The van der Waals surface area contributed by atoms with Crippen molar-refractivity contribution in [3.05, 3.63) is 22.1 Å². The summed E-state index contributed by atoms with van der Waals surface area (Å²) in [6, 6.07) is -0.934. The smallest absolute Gasteiger partial charge is 0.333 e. The van der Waals surface area contributed by atoms with Crippen molar-refractivity contribution in [2.24, 2.45) is 10.8 Å². The first-order chi connectivity index (χ1) is 8.63. The molecule has 0 aromatic rings. The minimum atomic E-state index is -0.490. The fraction of sp³-hybridized carbons (Fsp3) is 0.727. The summed E-state index contributed by atoms with van der Waals surface area (Å²) >= 11 is 0. The maximum Gasteiger partial charge on any atom is 0.333 e. The molecule has 0 saturated heterocycles. The van der Waals surface area contributed by atoms with Gasteiger partial charge in [-0.1, -0.05) is 12.0 Å². The Morgan fingerprint density at radius 3 is 3.00 bits per heavy atom. The minimum Gasteiger partial charge on any atom is -0.466 e. The van der Waals surface area contributed by atoms with E-state index in [4.69, 9.17) is 16.0 Å². The monoisotopic (exact) mass is 254 g/mol. The molecule has 1 rings (SSSR count). The highest BCUT2D eigenvalue weighted by atomic mass is 16.5. The van der Waals surface area contributed by atoms with Gasteiger partial charge in [-0.05, 0) is 24.4 Å². The van der Waals surface area contributed by atoms with Crippen LogP contribution in [0.2, 0.25) is 0 Å². The molecule has 1 aliphatic rings. The summed E-state index contributed by atoms with van der Waals surface area (Å²) in [6.07, 6.45) is 2.36. The van der Waals surface area contributed by atoms with Gasteiger partial charge in [0, 0.05) is 23.1 Å². The molecule has 0 fully saturated rings. The van der Waals surface area contributed by atoms with Gasteiger partial charge in [-0.2, -0.15) is 0 Å². The van der Waals surface area contributed by atoms with Gasteiger partial charge in [0.2, 0.25) is 0 Å². The highest BCUT2D eigenvalue weighted by Crippen LogP contribution is 2.24. The first-order valence-corrected chi connectivity index (χ1v) is 5.84. The second-order valence-electron chi connectivity index (χ2n) is 4.07. The average molecular weight is 254 g/mol. The zero-order chi connectivity index (χ0) is 13.5. The lowest BCUT2D eigenvalue weighted by Gasteiger charge is -2.31. The van der Waals surface area contributed by atoms with Crippen LogP contribution in [0, 0.1) is 0 Å². The van der Waals surface area contributed by atoms with Crippen molar-refractivity contribution < 1.29 is 14.3 Å². The highest BCUT2D eigenvalue weighted by Gasteiger charge is 2.33. The Morgan fingerprint density at radius 2 is 2.44 bits per heavy atom. The number of hydrogen-bond donors (Lipinski definition) is 1. The molecular formula is C11H18N4O3. The van der Waals surface area contributed by atoms with E-state index in [1.807, 2.05) is 6.92 Å². The topological polar surface area (TPSA) is 110 Å². The zero-order valence-electron chi connectivity index (χ0n) is 10.6. The quantitative estimate of drug-likeness (QED) is 0.345. The zero-order valence-corrected chi connectivity index (χ0v) is 10.6. The number of methoxy groups -OCH3 is 1. The molecule has 0 aromatic heterocycles. The van der Waals surface area contributed by atoms with E-state index in [0.717, 1.165) is 6.42 Å². The number of carbonyl (C=O) groups is 1. The first kappa shape index (κ1) is 14.5. The van der Waals surface area contributed by atoms with Crippen molar-refractivity contribution in [2.75, 3.05) is 13.7 Å². The molecule has 3 unspecified atom stereocenters. The van der Waals surface area contributed by atoms with E-state index in [1.54, 1.807) is 6.08 Å². The van der Waals surface area contributed by atoms with E-state index < -0.39 is 24.2 Å². The lowest BCUT2D eigenvalue weighted by atomic mass is 9.89. The molecule has 3 atom stereocenters. The van der Waals surface area contributed by atoms with Crippen LogP contribution in [-0.2, 0) is 14.3 Å². The van der Waals surface area contributed by atoms with Crippen LogP contribution in [-0.4, -0.2) is 37.9 Å². The molecule has 0 spiro atoms. The van der Waals surface area contributed by atoms with Gasteiger partial charge < -0.3 is 15.2 Å². The Bertz CT molecular complexity index is 376. The van der Waals surface area contributed by atoms with Gasteiger partial charge in [0.1, 0.15) is 0 Å². The van der Waals surface area contributed by atoms with Gasteiger partial charge in [-0.3, -0.25) is 0 Å². The standard InChI is InChI=1S/C11H18N4O3/c1-3-4-18-9-6-7(11(16)17-2)5-8(10(9)12)14-15-13/h6,8-10H,3-5,12H2,1-2H3. The molecule has 2 N–H and O–H groups in total. The Balaban J connectivity index is 2.90. The first-order valence-electron chi connectivity index (χ1n) is 5.84. The molecule has 0 aliphatic heterocycles. The third-order valence-electron chi connectivity index (χ3n) is 2.78. The van der Waals surface area contributed by atoms with Crippen LogP contribution in [0.15, 0.2) is 16.8 Å². The number of rotatable bonds is 5. The summed E-state index contributed by atoms with van der Waals surface area (Å²) < 4.78 is 10.2. The normalized spacial score (nSPS) is 27.1. The number of carbonyl (C=O) groups excluding carboxylic acids is 1. The van der Waals surface area contributed by atoms with Gasteiger partial charge in [0.05, 0.1) is 19.3 Å². The summed E-state index contributed by atoms with van der Waals surface area (Å²) in [5.74, 6) is -0.440. The summed E-state index contributed by atoms with van der Waals surface area (Å²) in [7, 11) is 1.31. The van der Waals surface area contributed by atoms with Crippen LogP contribution >= 0.6 is 0 Å². The van der Waals surface area contributed by atoms with Crippen molar-refractivity contribution in [2.45, 2.75) is 38.0 Å².